The molecular weight excluding hydrogens is 388 g/mol. The second-order valence-corrected chi connectivity index (χ2v) is 10.5. The number of benzene rings is 1. The molecule has 0 saturated heterocycles. The van der Waals surface area contributed by atoms with E-state index in [1.807, 2.05) is 17.4 Å². The minimum atomic E-state index is 0.0813. The van der Waals surface area contributed by atoms with Crippen molar-refractivity contribution in [3.05, 3.63) is 61.3 Å². The number of ketones is 1. The van der Waals surface area contributed by atoms with Crippen LogP contribution in [0.5, 0.6) is 0 Å². The smallest absolute Gasteiger partial charge is 0.185 e. The summed E-state index contributed by atoms with van der Waals surface area (Å²) in [5, 5.41) is 9.17. The van der Waals surface area contributed by atoms with Gasteiger partial charge in [0.2, 0.25) is 0 Å². The maximum absolute atomic E-state index is 13.0. The number of carbonyl (C=O) groups is 1. The molecule has 0 radical (unpaired) electrons. The molecule has 1 heterocycles. The first kappa shape index (κ1) is 23.0. The van der Waals surface area contributed by atoms with Crippen LogP contribution in [-0.4, -0.2) is 17.5 Å². The number of hydrogen-bond acceptors (Lipinski definition) is 3. The maximum atomic E-state index is 13.0. The van der Waals surface area contributed by atoms with Gasteiger partial charge >= 0.3 is 0 Å². The molecule has 0 aliphatic heterocycles. The Hall–Kier alpha value is -1.71. The van der Waals surface area contributed by atoms with Crippen LogP contribution in [0, 0.1) is 12.3 Å². The van der Waals surface area contributed by atoms with E-state index < -0.39 is 0 Å². The molecule has 0 atom stereocenters. The van der Waals surface area contributed by atoms with Crippen molar-refractivity contribution in [3.8, 4) is 0 Å². The Kier molecular flexibility index (Phi) is 7.36. The van der Waals surface area contributed by atoms with E-state index in [0.717, 1.165) is 49.7 Å². The maximum Gasteiger partial charge on any atom is 0.185 e. The summed E-state index contributed by atoms with van der Waals surface area (Å²) in [5.41, 5.74) is 7.84. The van der Waals surface area contributed by atoms with Gasteiger partial charge in [-0.05, 0) is 109 Å². The molecule has 0 bridgehead atoms. The fourth-order valence-electron chi connectivity index (χ4n) is 4.71. The van der Waals surface area contributed by atoms with E-state index in [2.05, 4.69) is 46.8 Å². The van der Waals surface area contributed by atoms with Gasteiger partial charge in [-0.25, -0.2) is 0 Å². The van der Waals surface area contributed by atoms with E-state index in [1.54, 1.807) is 11.6 Å². The van der Waals surface area contributed by atoms with Gasteiger partial charge in [0, 0.05) is 21.9 Å². The Labute approximate surface area is 186 Å². The molecule has 2 nitrogen and oxygen atoms in total. The van der Waals surface area contributed by atoms with Crippen LogP contribution in [0.15, 0.2) is 18.2 Å². The third kappa shape index (κ3) is 4.95. The van der Waals surface area contributed by atoms with Crippen molar-refractivity contribution in [2.24, 2.45) is 5.41 Å². The van der Waals surface area contributed by atoms with Crippen LogP contribution in [0.25, 0.3) is 6.08 Å². The number of carbonyl (C=O) groups excluding carboxylic acids is 1. The van der Waals surface area contributed by atoms with E-state index in [1.165, 1.54) is 32.9 Å². The van der Waals surface area contributed by atoms with Gasteiger partial charge in [-0.2, -0.15) is 0 Å². The van der Waals surface area contributed by atoms with Gasteiger partial charge in [-0.3, -0.25) is 4.79 Å². The Morgan fingerprint density at radius 3 is 2.63 bits per heavy atom. The Balaban J connectivity index is 1.86. The summed E-state index contributed by atoms with van der Waals surface area (Å²) in [7, 11) is 0. The van der Waals surface area contributed by atoms with Gasteiger partial charge in [0.1, 0.15) is 0 Å². The van der Waals surface area contributed by atoms with Crippen LogP contribution in [-0.2, 0) is 32.1 Å². The van der Waals surface area contributed by atoms with Crippen LogP contribution in [0.1, 0.15) is 88.5 Å². The molecule has 0 amide bonds. The third-order valence-corrected chi connectivity index (χ3v) is 7.85. The summed E-state index contributed by atoms with van der Waals surface area (Å²) in [6, 6.07) is 4.07. The van der Waals surface area contributed by atoms with Gasteiger partial charge < -0.3 is 5.11 Å². The lowest BCUT2D eigenvalue weighted by atomic mass is 9.74. The average Bonchev–Trinajstić information content (AvgIpc) is 3.06. The van der Waals surface area contributed by atoms with Gasteiger partial charge in [-0.15, -0.1) is 11.3 Å². The third-order valence-electron chi connectivity index (χ3n) is 6.46. The number of aliphatic hydroxyl groups is 1. The molecule has 162 valence electrons. The van der Waals surface area contributed by atoms with Gasteiger partial charge in [0.15, 0.2) is 5.78 Å². The van der Waals surface area contributed by atoms with E-state index in [-0.39, 0.29) is 12.4 Å². The molecule has 1 aromatic heterocycles. The molecule has 2 aromatic rings. The van der Waals surface area contributed by atoms with E-state index >= 15 is 0 Å². The van der Waals surface area contributed by atoms with Gasteiger partial charge in [-0.1, -0.05) is 27.7 Å². The van der Waals surface area contributed by atoms with Gasteiger partial charge in [0.05, 0.1) is 0 Å². The topological polar surface area (TPSA) is 37.3 Å². The molecule has 1 aliphatic carbocycles. The summed E-state index contributed by atoms with van der Waals surface area (Å²) in [6.07, 6.45) is 10.9. The zero-order valence-electron chi connectivity index (χ0n) is 19.2. The molecule has 0 fully saturated rings. The monoisotopic (exact) mass is 424 g/mol. The molecule has 1 aromatic carbocycles. The highest BCUT2D eigenvalue weighted by molar-refractivity contribution is 7.13. The van der Waals surface area contributed by atoms with Gasteiger partial charge in [0.25, 0.3) is 0 Å². The highest BCUT2D eigenvalue weighted by Gasteiger charge is 2.29. The SMILES string of the molecule is CCc1cc(C(=O)C=Cc2sc(CC)c3c2CCC(C)(C)C3)cc(C)c1CCCO. The number of hydrogen-bond donors (Lipinski definition) is 1. The summed E-state index contributed by atoms with van der Waals surface area (Å²) >= 11 is 1.87. The molecule has 0 unspecified atom stereocenters. The van der Waals surface area contributed by atoms with Crippen LogP contribution in [0.2, 0.25) is 0 Å². The van der Waals surface area contributed by atoms with Crippen molar-refractivity contribution in [1.82, 2.24) is 0 Å². The lowest BCUT2D eigenvalue weighted by molar-refractivity contribution is 0.104. The lowest BCUT2D eigenvalue weighted by Crippen LogP contribution is -2.22. The van der Waals surface area contributed by atoms with Crippen LogP contribution < -0.4 is 0 Å². The van der Waals surface area contributed by atoms with Crippen molar-refractivity contribution in [3.63, 3.8) is 0 Å². The van der Waals surface area contributed by atoms with Crippen molar-refractivity contribution >= 4 is 23.2 Å². The highest BCUT2D eigenvalue weighted by Crippen LogP contribution is 2.42. The summed E-state index contributed by atoms with van der Waals surface area (Å²) in [5.74, 6) is 0.0813. The number of fused-ring (bicyclic) bond motifs is 1. The Bertz CT molecular complexity index is 946. The number of aliphatic hydroxyl groups excluding tert-OH is 1. The van der Waals surface area contributed by atoms with E-state index in [9.17, 15) is 9.90 Å². The average molecular weight is 425 g/mol. The molecule has 0 spiro atoms. The zero-order valence-corrected chi connectivity index (χ0v) is 20.0. The molecule has 1 aliphatic rings. The molecule has 0 saturated carbocycles. The van der Waals surface area contributed by atoms with Crippen LogP contribution in [0.3, 0.4) is 0 Å². The normalized spacial score (nSPS) is 15.5. The Morgan fingerprint density at radius 1 is 1.20 bits per heavy atom. The zero-order chi connectivity index (χ0) is 21.9. The second-order valence-electron chi connectivity index (χ2n) is 9.35. The summed E-state index contributed by atoms with van der Waals surface area (Å²) in [6.45, 7) is 11.4. The molecule has 3 rings (SSSR count). The standard InChI is InChI=1S/C27H36O2S/c1-6-19-16-20(15-18(3)21(19)9-8-14-28)24(29)10-11-26-22-12-13-27(4,5)17-23(22)25(7-2)30-26/h10-11,15-16,28H,6-9,12-14,17H2,1-5H3. The van der Waals surface area contributed by atoms with Crippen LogP contribution >= 0.6 is 11.3 Å². The molecule has 3 heteroatoms. The first-order valence-corrected chi connectivity index (χ1v) is 12.2. The fraction of sp³-hybridized carbons (Fsp3) is 0.519. The fourth-order valence-corrected chi connectivity index (χ4v) is 5.92. The second kappa shape index (κ2) is 9.62. The molecule has 1 N–H and O–H groups in total. The summed E-state index contributed by atoms with van der Waals surface area (Å²) < 4.78 is 0. The molecular formula is C27H36O2S. The molecule has 30 heavy (non-hydrogen) atoms. The first-order chi connectivity index (χ1) is 14.3. The highest BCUT2D eigenvalue weighted by atomic mass is 32.1. The first-order valence-electron chi connectivity index (χ1n) is 11.4. The van der Waals surface area contributed by atoms with Crippen molar-refractivity contribution < 1.29 is 9.90 Å². The quantitative estimate of drug-likeness (QED) is 0.387. The van der Waals surface area contributed by atoms with E-state index in [0.29, 0.717) is 5.41 Å². The number of allylic oxidation sites excluding steroid dienone is 1. The Morgan fingerprint density at radius 2 is 1.97 bits per heavy atom. The minimum Gasteiger partial charge on any atom is -0.396 e. The van der Waals surface area contributed by atoms with E-state index in [4.69, 9.17) is 0 Å². The number of thiophene rings is 1. The largest absolute Gasteiger partial charge is 0.396 e. The van der Waals surface area contributed by atoms with Crippen molar-refractivity contribution in [2.75, 3.05) is 6.61 Å². The van der Waals surface area contributed by atoms with Crippen LogP contribution in [0.4, 0.5) is 0 Å². The predicted molar refractivity (Wildman–Crippen MR) is 129 cm³/mol. The summed E-state index contributed by atoms with van der Waals surface area (Å²) in [4.78, 5) is 15.8. The van der Waals surface area contributed by atoms with Crippen molar-refractivity contribution in [1.29, 1.82) is 0 Å². The minimum absolute atomic E-state index is 0.0813. The predicted octanol–water partition coefficient (Wildman–Crippen LogP) is 6.52. The number of aryl methyl sites for hydroxylation is 3. The van der Waals surface area contributed by atoms with Crippen molar-refractivity contribution in [2.45, 2.75) is 79.6 Å². The number of rotatable bonds is 8. The lowest BCUT2D eigenvalue weighted by Gasteiger charge is -2.30.